The molecule has 2 aliphatic heterocycles. The standard InChI is InChI=1S/C26H22N2O6/c1-14-12-17-13-16(5-10-20(17)34-14)24(30)22-23(21-4-3-11-33-21)28(26(32)25(22)31)19-8-6-18(7-9-19)27-15(2)29/h3-11,13-14,23,30H,12H2,1-2H3,(H,27,29)/b24-22-. The van der Waals surface area contributed by atoms with Crippen LogP contribution >= 0.6 is 0 Å². The molecule has 8 heteroatoms. The highest BCUT2D eigenvalue weighted by atomic mass is 16.5. The van der Waals surface area contributed by atoms with Crippen molar-refractivity contribution in [1.82, 2.24) is 0 Å². The van der Waals surface area contributed by atoms with E-state index in [0.717, 1.165) is 11.3 Å². The van der Waals surface area contributed by atoms with E-state index in [1.807, 2.05) is 6.92 Å². The Hall–Kier alpha value is -4.33. The predicted octanol–water partition coefficient (Wildman–Crippen LogP) is 4.19. The maximum atomic E-state index is 13.2. The summed E-state index contributed by atoms with van der Waals surface area (Å²) in [6.45, 7) is 3.36. The number of furan rings is 1. The summed E-state index contributed by atoms with van der Waals surface area (Å²) in [5.41, 5.74) is 2.27. The first-order valence-corrected chi connectivity index (χ1v) is 10.9. The molecule has 3 aromatic rings. The zero-order valence-corrected chi connectivity index (χ0v) is 18.6. The number of carbonyl (C=O) groups excluding carboxylic acids is 3. The number of nitrogens with zero attached hydrogens (tertiary/aromatic N) is 1. The summed E-state index contributed by atoms with van der Waals surface area (Å²) in [6.07, 6.45) is 2.16. The third-order valence-corrected chi connectivity index (χ3v) is 5.89. The van der Waals surface area contributed by atoms with Gasteiger partial charge in [-0.15, -0.1) is 0 Å². The Balaban J connectivity index is 1.60. The van der Waals surface area contributed by atoms with Crippen LogP contribution in [0.1, 0.15) is 36.8 Å². The van der Waals surface area contributed by atoms with Gasteiger partial charge < -0.3 is 19.6 Å². The Labute approximate surface area is 195 Å². The number of carbonyl (C=O) groups is 3. The van der Waals surface area contributed by atoms with E-state index in [1.165, 1.54) is 18.1 Å². The van der Waals surface area contributed by atoms with Gasteiger partial charge in [-0.05, 0) is 67.1 Å². The number of ketones is 1. The molecular formula is C26H22N2O6. The molecule has 2 aliphatic rings. The molecule has 0 bridgehead atoms. The fourth-order valence-corrected chi connectivity index (χ4v) is 4.45. The van der Waals surface area contributed by atoms with Crippen molar-refractivity contribution >= 4 is 34.7 Å². The van der Waals surface area contributed by atoms with Crippen LogP contribution in [0.2, 0.25) is 0 Å². The van der Waals surface area contributed by atoms with E-state index >= 15 is 0 Å². The lowest BCUT2D eigenvalue weighted by Gasteiger charge is -2.23. The van der Waals surface area contributed by atoms with Crippen molar-refractivity contribution in [2.24, 2.45) is 0 Å². The number of rotatable bonds is 4. The van der Waals surface area contributed by atoms with Crippen LogP contribution in [0.5, 0.6) is 5.75 Å². The highest BCUT2D eigenvalue weighted by Gasteiger charge is 2.48. The molecule has 2 N–H and O–H groups in total. The van der Waals surface area contributed by atoms with Gasteiger partial charge in [-0.1, -0.05) is 0 Å². The van der Waals surface area contributed by atoms with Crippen LogP contribution in [0, 0.1) is 0 Å². The van der Waals surface area contributed by atoms with Crippen molar-refractivity contribution in [1.29, 1.82) is 0 Å². The quantitative estimate of drug-likeness (QED) is 0.345. The molecule has 1 aromatic heterocycles. The zero-order chi connectivity index (χ0) is 24.0. The Bertz CT molecular complexity index is 1320. The molecule has 1 fully saturated rings. The van der Waals surface area contributed by atoms with Crippen LogP contribution in [0.15, 0.2) is 70.9 Å². The number of fused-ring (bicyclic) bond motifs is 1. The number of hydrogen-bond acceptors (Lipinski definition) is 6. The third-order valence-electron chi connectivity index (χ3n) is 5.89. The summed E-state index contributed by atoms with van der Waals surface area (Å²) in [5, 5.41) is 13.9. The SMILES string of the molecule is CC(=O)Nc1ccc(N2C(=O)C(=O)/C(=C(\O)c3ccc4c(c3)CC(C)O4)C2c2ccco2)cc1. The Morgan fingerprint density at radius 1 is 1.12 bits per heavy atom. The number of hydrogen-bond donors (Lipinski definition) is 2. The molecule has 0 spiro atoms. The molecule has 3 heterocycles. The topological polar surface area (TPSA) is 109 Å². The van der Waals surface area contributed by atoms with Crippen molar-refractivity contribution in [3.8, 4) is 5.75 Å². The van der Waals surface area contributed by atoms with E-state index < -0.39 is 17.7 Å². The number of aliphatic hydroxyl groups is 1. The Morgan fingerprint density at radius 3 is 2.56 bits per heavy atom. The van der Waals surface area contributed by atoms with Crippen LogP contribution < -0.4 is 15.0 Å². The minimum absolute atomic E-state index is 0.0292. The first kappa shape index (κ1) is 21.5. The summed E-state index contributed by atoms with van der Waals surface area (Å²) in [4.78, 5) is 38.9. The summed E-state index contributed by atoms with van der Waals surface area (Å²) in [7, 11) is 0. The Morgan fingerprint density at radius 2 is 1.88 bits per heavy atom. The van der Waals surface area contributed by atoms with Crippen LogP contribution in [0.3, 0.4) is 0 Å². The van der Waals surface area contributed by atoms with Gasteiger partial charge in [0.25, 0.3) is 11.7 Å². The van der Waals surface area contributed by atoms with E-state index in [4.69, 9.17) is 9.15 Å². The van der Waals surface area contributed by atoms with Crippen molar-refractivity contribution in [2.75, 3.05) is 10.2 Å². The van der Waals surface area contributed by atoms with Crippen LogP contribution in [0.4, 0.5) is 11.4 Å². The largest absolute Gasteiger partial charge is 0.507 e. The highest BCUT2D eigenvalue weighted by Crippen LogP contribution is 2.43. The first-order chi connectivity index (χ1) is 16.3. The smallest absolute Gasteiger partial charge is 0.300 e. The second kappa shape index (κ2) is 8.22. The van der Waals surface area contributed by atoms with Crippen molar-refractivity contribution in [3.63, 3.8) is 0 Å². The minimum atomic E-state index is -0.954. The average molecular weight is 458 g/mol. The van der Waals surface area contributed by atoms with E-state index in [-0.39, 0.29) is 23.3 Å². The number of benzene rings is 2. The molecule has 0 aliphatic carbocycles. The molecule has 0 radical (unpaired) electrons. The van der Waals surface area contributed by atoms with E-state index in [1.54, 1.807) is 54.6 Å². The summed E-state index contributed by atoms with van der Waals surface area (Å²) in [5.74, 6) is -1.02. The number of anilines is 2. The van der Waals surface area contributed by atoms with E-state index in [0.29, 0.717) is 29.1 Å². The molecule has 8 nitrogen and oxygen atoms in total. The lowest BCUT2D eigenvalue weighted by Crippen LogP contribution is -2.29. The van der Waals surface area contributed by atoms with Gasteiger partial charge in [-0.3, -0.25) is 19.3 Å². The molecule has 1 saturated heterocycles. The second-order valence-electron chi connectivity index (χ2n) is 8.37. The molecule has 2 unspecified atom stereocenters. The summed E-state index contributed by atoms with van der Waals surface area (Å²) >= 11 is 0. The highest BCUT2D eigenvalue weighted by molar-refractivity contribution is 6.51. The van der Waals surface area contributed by atoms with Crippen molar-refractivity contribution in [3.05, 3.63) is 83.3 Å². The van der Waals surface area contributed by atoms with Gasteiger partial charge in [-0.25, -0.2) is 0 Å². The molecule has 5 rings (SSSR count). The maximum absolute atomic E-state index is 13.2. The molecule has 2 aromatic carbocycles. The van der Waals surface area contributed by atoms with E-state index in [2.05, 4.69) is 5.32 Å². The summed E-state index contributed by atoms with van der Waals surface area (Å²) in [6, 6.07) is 14.1. The van der Waals surface area contributed by atoms with E-state index in [9.17, 15) is 19.5 Å². The van der Waals surface area contributed by atoms with Gasteiger partial charge in [0.05, 0.1) is 11.8 Å². The number of Topliss-reactive ketones (excluding diaryl/α,β-unsaturated/α-hetero) is 1. The lowest BCUT2D eigenvalue weighted by molar-refractivity contribution is -0.132. The Kier molecular flexibility index (Phi) is 5.20. The molecule has 2 atom stereocenters. The van der Waals surface area contributed by atoms with Crippen molar-refractivity contribution in [2.45, 2.75) is 32.4 Å². The van der Waals surface area contributed by atoms with Gasteiger partial charge in [0.2, 0.25) is 5.91 Å². The van der Waals surface area contributed by atoms with Crippen LogP contribution in [-0.4, -0.2) is 28.8 Å². The molecular weight excluding hydrogens is 436 g/mol. The maximum Gasteiger partial charge on any atom is 0.300 e. The number of amides is 2. The van der Waals surface area contributed by atoms with Gasteiger partial charge >= 0.3 is 0 Å². The normalized spacial score (nSPS) is 20.8. The van der Waals surface area contributed by atoms with Crippen molar-refractivity contribution < 1.29 is 28.6 Å². The number of ether oxygens (including phenoxy) is 1. The van der Waals surface area contributed by atoms with Crippen LogP contribution in [-0.2, 0) is 20.8 Å². The number of nitrogens with one attached hydrogen (secondary N) is 1. The molecule has 34 heavy (non-hydrogen) atoms. The van der Waals surface area contributed by atoms with Gasteiger partial charge in [-0.2, -0.15) is 0 Å². The zero-order valence-electron chi connectivity index (χ0n) is 18.6. The fraction of sp³-hybridized carbons (Fsp3) is 0.192. The average Bonchev–Trinajstić information content (AvgIpc) is 3.51. The van der Waals surface area contributed by atoms with Crippen LogP contribution in [0.25, 0.3) is 5.76 Å². The molecule has 0 saturated carbocycles. The lowest BCUT2D eigenvalue weighted by atomic mass is 9.97. The van der Waals surface area contributed by atoms with Gasteiger partial charge in [0.15, 0.2) is 0 Å². The monoisotopic (exact) mass is 458 g/mol. The summed E-state index contributed by atoms with van der Waals surface area (Å²) < 4.78 is 11.3. The second-order valence-corrected chi connectivity index (χ2v) is 8.37. The third kappa shape index (κ3) is 3.63. The minimum Gasteiger partial charge on any atom is -0.507 e. The first-order valence-electron chi connectivity index (χ1n) is 10.9. The molecule has 172 valence electrons. The fourth-order valence-electron chi connectivity index (χ4n) is 4.45. The predicted molar refractivity (Wildman–Crippen MR) is 124 cm³/mol. The molecule has 2 amide bonds. The van der Waals surface area contributed by atoms with Gasteiger partial charge in [0.1, 0.15) is 29.4 Å². The number of aliphatic hydroxyl groups excluding tert-OH is 1. The van der Waals surface area contributed by atoms with Gasteiger partial charge in [0, 0.05) is 30.3 Å².